The van der Waals surface area contributed by atoms with Crippen LogP contribution in [0.5, 0.6) is 5.75 Å². The average molecular weight is 416 g/mol. The standard InChI is InChI=1S/C14H13IN2O5/c1-17-9-4-3-7(15)5-8(9)12(19)11(14(17)21)13(20)16-6-10(18)22-2/h3-5,19H,6H2,1-2H3,(H,16,20). The van der Waals surface area contributed by atoms with Crippen molar-refractivity contribution in [1.82, 2.24) is 9.88 Å². The van der Waals surface area contributed by atoms with Crippen molar-refractivity contribution in [2.75, 3.05) is 13.7 Å². The highest BCUT2D eigenvalue weighted by atomic mass is 127. The van der Waals surface area contributed by atoms with Gasteiger partial charge in [-0.05, 0) is 40.8 Å². The molecule has 8 heteroatoms. The van der Waals surface area contributed by atoms with Crippen LogP contribution in [0.25, 0.3) is 10.9 Å². The number of carbonyl (C=O) groups is 2. The summed E-state index contributed by atoms with van der Waals surface area (Å²) in [5, 5.41) is 12.9. The number of carbonyl (C=O) groups excluding carboxylic acids is 2. The molecule has 7 nitrogen and oxygen atoms in total. The van der Waals surface area contributed by atoms with Gasteiger partial charge < -0.3 is 19.7 Å². The molecule has 0 spiro atoms. The number of hydrogen-bond donors (Lipinski definition) is 2. The van der Waals surface area contributed by atoms with Crippen LogP contribution in [0.4, 0.5) is 0 Å². The van der Waals surface area contributed by atoms with E-state index >= 15 is 0 Å². The lowest BCUT2D eigenvalue weighted by atomic mass is 10.1. The van der Waals surface area contributed by atoms with E-state index in [1.165, 1.54) is 18.7 Å². The molecule has 1 amide bonds. The van der Waals surface area contributed by atoms with Crippen molar-refractivity contribution < 1.29 is 19.4 Å². The van der Waals surface area contributed by atoms with Gasteiger partial charge in [0.2, 0.25) is 0 Å². The van der Waals surface area contributed by atoms with Crippen LogP contribution in [0.1, 0.15) is 10.4 Å². The van der Waals surface area contributed by atoms with Crippen LogP contribution in [0.2, 0.25) is 0 Å². The molecule has 0 aliphatic heterocycles. The molecule has 0 fully saturated rings. The summed E-state index contributed by atoms with van der Waals surface area (Å²) in [7, 11) is 2.69. The van der Waals surface area contributed by atoms with E-state index in [4.69, 9.17) is 0 Å². The predicted octanol–water partition coefficient (Wildman–Crippen LogP) is 0.751. The van der Waals surface area contributed by atoms with E-state index in [0.717, 1.165) is 3.57 Å². The Labute approximate surface area is 139 Å². The smallest absolute Gasteiger partial charge is 0.325 e. The number of amides is 1. The Kier molecular flexibility index (Phi) is 4.69. The molecular formula is C14H13IN2O5. The number of fused-ring (bicyclic) bond motifs is 1. The fraction of sp³-hybridized carbons (Fsp3) is 0.214. The molecular weight excluding hydrogens is 403 g/mol. The molecule has 0 bridgehead atoms. The SMILES string of the molecule is COC(=O)CNC(=O)c1c(O)c2cc(I)ccc2n(C)c1=O. The number of aromatic nitrogens is 1. The van der Waals surface area contributed by atoms with Gasteiger partial charge in [-0.2, -0.15) is 0 Å². The second-order valence-corrected chi connectivity index (χ2v) is 5.75. The largest absolute Gasteiger partial charge is 0.506 e. The van der Waals surface area contributed by atoms with Crippen molar-refractivity contribution in [1.29, 1.82) is 0 Å². The van der Waals surface area contributed by atoms with Crippen LogP contribution in [-0.4, -0.2) is 35.2 Å². The molecule has 0 aliphatic carbocycles. The second-order valence-electron chi connectivity index (χ2n) is 4.51. The van der Waals surface area contributed by atoms with Crippen LogP contribution in [0.3, 0.4) is 0 Å². The molecule has 1 aromatic carbocycles. The highest BCUT2D eigenvalue weighted by Gasteiger charge is 2.21. The van der Waals surface area contributed by atoms with Crippen molar-refractivity contribution in [3.05, 3.63) is 37.7 Å². The molecule has 0 saturated carbocycles. The third-order valence-corrected chi connectivity index (χ3v) is 3.85. The summed E-state index contributed by atoms with van der Waals surface area (Å²) in [5.41, 5.74) is -0.540. The Balaban J connectivity index is 2.56. The molecule has 2 rings (SSSR count). The van der Waals surface area contributed by atoms with E-state index in [9.17, 15) is 19.5 Å². The van der Waals surface area contributed by atoms with E-state index in [1.54, 1.807) is 18.2 Å². The monoisotopic (exact) mass is 416 g/mol. The summed E-state index contributed by atoms with van der Waals surface area (Å²) >= 11 is 2.06. The fourth-order valence-electron chi connectivity index (χ4n) is 2.02. The average Bonchev–Trinajstić information content (AvgIpc) is 2.50. The molecule has 0 radical (unpaired) electrons. The van der Waals surface area contributed by atoms with Crippen LogP contribution >= 0.6 is 22.6 Å². The highest BCUT2D eigenvalue weighted by molar-refractivity contribution is 14.1. The van der Waals surface area contributed by atoms with E-state index in [0.29, 0.717) is 10.9 Å². The minimum absolute atomic E-state index is 0.386. The lowest BCUT2D eigenvalue weighted by molar-refractivity contribution is -0.139. The molecule has 1 aromatic heterocycles. The van der Waals surface area contributed by atoms with Crippen LogP contribution < -0.4 is 10.9 Å². The molecule has 0 atom stereocenters. The molecule has 0 aliphatic rings. The minimum Gasteiger partial charge on any atom is -0.506 e. The first-order valence-corrected chi connectivity index (χ1v) is 7.31. The summed E-state index contributed by atoms with van der Waals surface area (Å²) in [6.45, 7) is -0.387. The number of hydrogen-bond acceptors (Lipinski definition) is 5. The summed E-state index contributed by atoms with van der Waals surface area (Å²) in [6, 6.07) is 5.15. The molecule has 22 heavy (non-hydrogen) atoms. The Morgan fingerprint density at radius 1 is 1.41 bits per heavy atom. The van der Waals surface area contributed by atoms with Crippen LogP contribution in [-0.2, 0) is 16.6 Å². The Morgan fingerprint density at radius 2 is 2.09 bits per heavy atom. The maximum absolute atomic E-state index is 12.3. The van der Waals surface area contributed by atoms with Crippen LogP contribution in [0.15, 0.2) is 23.0 Å². The highest BCUT2D eigenvalue weighted by Crippen LogP contribution is 2.27. The molecule has 2 aromatic rings. The van der Waals surface area contributed by atoms with Crippen molar-refractivity contribution in [2.45, 2.75) is 0 Å². The van der Waals surface area contributed by atoms with E-state index in [2.05, 4.69) is 32.6 Å². The number of pyridine rings is 1. The number of rotatable bonds is 3. The number of nitrogens with one attached hydrogen (secondary N) is 1. The first kappa shape index (κ1) is 16.3. The van der Waals surface area contributed by atoms with Gasteiger partial charge in [0, 0.05) is 16.0 Å². The topological polar surface area (TPSA) is 97.6 Å². The van der Waals surface area contributed by atoms with Gasteiger partial charge in [0.05, 0.1) is 12.6 Å². The summed E-state index contributed by atoms with van der Waals surface area (Å²) < 4.78 is 6.53. The number of ether oxygens (including phenoxy) is 1. The summed E-state index contributed by atoms with van der Waals surface area (Å²) in [5.74, 6) is -1.89. The van der Waals surface area contributed by atoms with Gasteiger partial charge >= 0.3 is 5.97 Å². The van der Waals surface area contributed by atoms with Crippen molar-refractivity contribution >= 4 is 45.4 Å². The lowest BCUT2D eigenvalue weighted by Gasteiger charge is -2.12. The Morgan fingerprint density at radius 3 is 2.73 bits per heavy atom. The van der Waals surface area contributed by atoms with Gasteiger partial charge in [0.15, 0.2) is 0 Å². The lowest BCUT2D eigenvalue weighted by Crippen LogP contribution is -2.35. The number of benzene rings is 1. The predicted molar refractivity (Wildman–Crippen MR) is 87.9 cm³/mol. The normalized spacial score (nSPS) is 10.5. The molecule has 116 valence electrons. The third kappa shape index (κ3) is 2.91. The number of methoxy groups -OCH3 is 1. The zero-order valence-corrected chi connectivity index (χ0v) is 14.0. The van der Waals surface area contributed by atoms with Gasteiger partial charge in [-0.25, -0.2) is 0 Å². The van der Waals surface area contributed by atoms with Crippen molar-refractivity contribution in [2.24, 2.45) is 7.05 Å². The van der Waals surface area contributed by atoms with Crippen molar-refractivity contribution in [3.63, 3.8) is 0 Å². The van der Waals surface area contributed by atoms with E-state index in [-0.39, 0.29) is 6.54 Å². The van der Waals surface area contributed by atoms with Gasteiger partial charge in [0.25, 0.3) is 11.5 Å². The quantitative estimate of drug-likeness (QED) is 0.569. The number of nitrogens with zero attached hydrogens (tertiary/aromatic N) is 1. The Bertz CT molecular complexity index is 828. The molecule has 0 saturated heterocycles. The molecule has 2 N–H and O–H groups in total. The number of aromatic hydroxyl groups is 1. The van der Waals surface area contributed by atoms with Gasteiger partial charge in [-0.3, -0.25) is 14.4 Å². The molecule has 0 unspecified atom stereocenters. The third-order valence-electron chi connectivity index (χ3n) is 3.18. The maximum atomic E-state index is 12.3. The van der Waals surface area contributed by atoms with Crippen molar-refractivity contribution in [3.8, 4) is 5.75 Å². The van der Waals surface area contributed by atoms with Gasteiger partial charge in [-0.15, -0.1) is 0 Å². The zero-order valence-electron chi connectivity index (χ0n) is 11.8. The van der Waals surface area contributed by atoms with E-state index in [1.807, 2.05) is 0 Å². The van der Waals surface area contributed by atoms with E-state index < -0.39 is 28.7 Å². The zero-order chi connectivity index (χ0) is 16.4. The second kappa shape index (κ2) is 6.34. The number of esters is 1. The van der Waals surface area contributed by atoms with Gasteiger partial charge in [0.1, 0.15) is 17.9 Å². The first-order chi connectivity index (χ1) is 10.4. The number of aryl methyl sites for hydroxylation is 1. The first-order valence-electron chi connectivity index (χ1n) is 6.23. The molecule has 1 heterocycles. The summed E-state index contributed by atoms with van der Waals surface area (Å²) in [4.78, 5) is 35.4. The fourth-order valence-corrected chi connectivity index (χ4v) is 2.51. The summed E-state index contributed by atoms with van der Waals surface area (Å²) in [6.07, 6.45) is 0. The number of halogens is 1. The maximum Gasteiger partial charge on any atom is 0.325 e. The Hall–Kier alpha value is -2.10. The van der Waals surface area contributed by atoms with Gasteiger partial charge in [-0.1, -0.05) is 0 Å². The minimum atomic E-state index is -0.829. The van der Waals surface area contributed by atoms with Crippen LogP contribution in [0, 0.1) is 3.57 Å².